The third-order valence-corrected chi connectivity index (χ3v) is 6.50. The Labute approximate surface area is 223 Å². The molecule has 39 heavy (non-hydrogen) atoms. The van der Waals surface area contributed by atoms with Crippen molar-refractivity contribution in [2.45, 2.75) is 19.0 Å². The van der Waals surface area contributed by atoms with Gasteiger partial charge in [0, 0.05) is 17.4 Å². The van der Waals surface area contributed by atoms with Gasteiger partial charge in [-0.05, 0) is 22.8 Å². The molecule has 0 saturated carbocycles. The number of nitrogens with one attached hydrogen (secondary N) is 1. The molecule has 0 bridgehead atoms. The summed E-state index contributed by atoms with van der Waals surface area (Å²) >= 11 is 0. The maximum absolute atomic E-state index is 13.6. The first-order valence-corrected chi connectivity index (χ1v) is 12.3. The summed E-state index contributed by atoms with van der Waals surface area (Å²) in [4.78, 5) is 42.8. The minimum atomic E-state index is -1.23. The minimum Gasteiger partial charge on any atom is -0.505 e. The Bertz CT molecular complexity index is 1700. The van der Waals surface area contributed by atoms with Gasteiger partial charge in [-0.2, -0.15) is 0 Å². The van der Waals surface area contributed by atoms with Crippen LogP contribution < -0.4 is 10.9 Å². The van der Waals surface area contributed by atoms with Crippen molar-refractivity contribution in [3.05, 3.63) is 130 Å². The van der Waals surface area contributed by atoms with Gasteiger partial charge in [0.2, 0.25) is 0 Å². The van der Waals surface area contributed by atoms with Gasteiger partial charge in [0.05, 0.1) is 18.3 Å². The summed E-state index contributed by atoms with van der Waals surface area (Å²) in [6, 6.07) is 27.7. The van der Waals surface area contributed by atoms with Crippen LogP contribution in [0.25, 0.3) is 22.0 Å². The van der Waals surface area contributed by atoms with E-state index < -0.39 is 23.7 Å². The van der Waals surface area contributed by atoms with Gasteiger partial charge in [0.1, 0.15) is 6.04 Å². The van der Waals surface area contributed by atoms with Gasteiger partial charge in [-0.3, -0.25) is 9.59 Å². The number of carbonyl (C=O) groups excluding carboxylic acids is 1. The molecule has 0 radical (unpaired) electrons. The van der Waals surface area contributed by atoms with Gasteiger partial charge >= 0.3 is 5.97 Å². The second kappa shape index (κ2) is 11.0. The third kappa shape index (κ3) is 5.40. The number of hydrogen-bond acceptors (Lipinski definition) is 5. The molecule has 0 unspecified atom stereocenters. The lowest BCUT2D eigenvalue weighted by Crippen LogP contribution is -2.42. The van der Waals surface area contributed by atoms with Crippen molar-refractivity contribution in [2.24, 2.45) is 0 Å². The number of nitrogens with zero attached hydrogens (tertiary/aromatic N) is 2. The highest BCUT2D eigenvalue weighted by Crippen LogP contribution is 2.30. The summed E-state index contributed by atoms with van der Waals surface area (Å²) in [6.45, 7) is 0.224. The molecule has 0 spiro atoms. The number of hydrogen-bond donors (Lipinski definition) is 3. The van der Waals surface area contributed by atoms with Crippen molar-refractivity contribution in [3.63, 3.8) is 0 Å². The van der Waals surface area contributed by atoms with Crippen LogP contribution in [0.4, 0.5) is 0 Å². The molecule has 8 heteroatoms. The number of fused-ring (bicyclic) bond motifs is 1. The number of carboxylic acid groups (broad SMARTS) is 1. The van der Waals surface area contributed by atoms with Crippen LogP contribution in [0, 0.1) is 0 Å². The number of aliphatic carboxylic acids is 1. The van der Waals surface area contributed by atoms with E-state index in [0.29, 0.717) is 16.6 Å². The number of carbonyl (C=O) groups is 2. The molecule has 0 saturated heterocycles. The molecule has 0 aliphatic rings. The molecule has 5 aromatic rings. The zero-order valence-electron chi connectivity index (χ0n) is 20.8. The lowest BCUT2D eigenvalue weighted by atomic mass is 10.0. The SMILES string of the molecule is O=C(N[C@H](Cc1ccccc1)C(=O)O)c1ncc2c(cc(-c3ccccc3)c(=O)n2Cc2ccccc2)c1O. The highest BCUT2D eigenvalue weighted by Gasteiger charge is 2.25. The first-order chi connectivity index (χ1) is 18.9. The predicted molar refractivity (Wildman–Crippen MR) is 148 cm³/mol. The number of aromatic hydroxyl groups is 1. The van der Waals surface area contributed by atoms with Crippen LogP contribution in [-0.2, 0) is 17.8 Å². The highest BCUT2D eigenvalue weighted by atomic mass is 16.4. The molecule has 0 aliphatic heterocycles. The van der Waals surface area contributed by atoms with Crippen molar-refractivity contribution in [1.82, 2.24) is 14.9 Å². The molecule has 1 atom stereocenters. The third-order valence-electron chi connectivity index (χ3n) is 6.50. The van der Waals surface area contributed by atoms with E-state index in [1.807, 2.05) is 54.6 Å². The van der Waals surface area contributed by atoms with Gasteiger partial charge in [-0.25, -0.2) is 9.78 Å². The highest BCUT2D eigenvalue weighted by molar-refractivity contribution is 6.02. The minimum absolute atomic E-state index is 0.0605. The number of rotatable bonds is 8. The molecule has 8 nitrogen and oxygen atoms in total. The summed E-state index contributed by atoms with van der Waals surface area (Å²) in [6.07, 6.45) is 1.42. The van der Waals surface area contributed by atoms with Crippen LogP contribution in [0.2, 0.25) is 0 Å². The topological polar surface area (TPSA) is 122 Å². The fraction of sp³-hybridized carbons (Fsp3) is 0.0968. The van der Waals surface area contributed by atoms with Gasteiger partial charge in [0.25, 0.3) is 11.5 Å². The molecule has 3 aromatic carbocycles. The van der Waals surface area contributed by atoms with Gasteiger partial charge in [-0.15, -0.1) is 0 Å². The van der Waals surface area contributed by atoms with Crippen LogP contribution in [0.3, 0.4) is 0 Å². The van der Waals surface area contributed by atoms with Crippen molar-refractivity contribution in [2.75, 3.05) is 0 Å². The molecule has 194 valence electrons. The molecule has 2 heterocycles. The Balaban J connectivity index is 1.59. The summed E-state index contributed by atoms with van der Waals surface area (Å²) in [7, 11) is 0. The van der Waals surface area contributed by atoms with Crippen LogP contribution >= 0.6 is 0 Å². The number of pyridine rings is 2. The molecule has 0 aliphatic carbocycles. The maximum Gasteiger partial charge on any atom is 0.326 e. The Morgan fingerprint density at radius 3 is 2.08 bits per heavy atom. The number of aromatic nitrogens is 2. The van der Waals surface area contributed by atoms with Crippen LogP contribution in [0.15, 0.2) is 108 Å². The molecule has 2 aromatic heterocycles. The zero-order valence-corrected chi connectivity index (χ0v) is 20.8. The van der Waals surface area contributed by atoms with E-state index in [1.165, 1.54) is 10.8 Å². The van der Waals surface area contributed by atoms with E-state index in [9.17, 15) is 24.6 Å². The molecule has 5 rings (SSSR count). The maximum atomic E-state index is 13.6. The van der Waals surface area contributed by atoms with E-state index in [4.69, 9.17) is 0 Å². The van der Waals surface area contributed by atoms with E-state index in [1.54, 1.807) is 42.5 Å². The fourth-order valence-corrected chi connectivity index (χ4v) is 4.51. The Kier molecular flexibility index (Phi) is 7.18. The molecule has 1 amide bonds. The van der Waals surface area contributed by atoms with Crippen molar-refractivity contribution in [3.8, 4) is 16.9 Å². The quantitative estimate of drug-likeness (QED) is 0.282. The molecule has 0 fully saturated rings. The summed E-state index contributed by atoms with van der Waals surface area (Å²) < 4.78 is 1.51. The standard InChI is InChI=1S/C31H25N3O5/c35-28-24-17-23(22-14-8-3-9-15-22)30(37)34(19-21-12-6-2-7-13-21)26(24)18-32-27(28)29(36)33-25(31(38)39)16-20-10-4-1-5-11-20/h1-15,17-18,25,35H,16,19H2,(H,33,36)(H,38,39)/t25-/m1/s1. The van der Waals surface area contributed by atoms with Crippen LogP contribution in [0.5, 0.6) is 5.75 Å². The average Bonchev–Trinajstić information content (AvgIpc) is 2.96. The first kappa shape index (κ1) is 25.4. The van der Waals surface area contributed by atoms with E-state index in [2.05, 4.69) is 10.3 Å². The first-order valence-electron chi connectivity index (χ1n) is 12.3. The molecule has 3 N–H and O–H groups in total. The molecular weight excluding hydrogens is 494 g/mol. The monoisotopic (exact) mass is 519 g/mol. The number of benzene rings is 3. The summed E-state index contributed by atoms with van der Waals surface area (Å²) in [5.74, 6) is -2.48. The largest absolute Gasteiger partial charge is 0.505 e. The lowest BCUT2D eigenvalue weighted by molar-refractivity contribution is -0.139. The zero-order chi connectivity index (χ0) is 27.4. The second-order valence-corrected chi connectivity index (χ2v) is 9.11. The summed E-state index contributed by atoms with van der Waals surface area (Å²) in [5, 5.41) is 23.7. The average molecular weight is 520 g/mol. The van der Waals surface area contributed by atoms with E-state index >= 15 is 0 Å². The van der Waals surface area contributed by atoms with Gasteiger partial charge < -0.3 is 20.1 Å². The summed E-state index contributed by atoms with van der Waals surface area (Å²) in [5.41, 5.74) is 2.35. The van der Waals surface area contributed by atoms with Crippen LogP contribution in [0.1, 0.15) is 21.6 Å². The Morgan fingerprint density at radius 1 is 0.872 bits per heavy atom. The Morgan fingerprint density at radius 2 is 1.46 bits per heavy atom. The van der Waals surface area contributed by atoms with Gasteiger partial charge in [0.15, 0.2) is 11.4 Å². The molecular formula is C31H25N3O5. The van der Waals surface area contributed by atoms with Gasteiger partial charge in [-0.1, -0.05) is 91.0 Å². The lowest BCUT2D eigenvalue weighted by Gasteiger charge is -2.17. The van der Waals surface area contributed by atoms with E-state index in [0.717, 1.165) is 11.1 Å². The van der Waals surface area contributed by atoms with Crippen molar-refractivity contribution in [1.29, 1.82) is 0 Å². The smallest absolute Gasteiger partial charge is 0.326 e. The van der Waals surface area contributed by atoms with E-state index in [-0.39, 0.29) is 29.6 Å². The number of carboxylic acids is 1. The number of amides is 1. The normalized spacial score (nSPS) is 11.7. The predicted octanol–water partition coefficient (Wildman–Crippen LogP) is 4.24. The van der Waals surface area contributed by atoms with Crippen molar-refractivity contribution < 1.29 is 19.8 Å². The van der Waals surface area contributed by atoms with Crippen molar-refractivity contribution >= 4 is 22.8 Å². The Hall–Kier alpha value is -5.24. The fourth-order valence-electron chi connectivity index (χ4n) is 4.51. The second-order valence-electron chi connectivity index (χ2n) is 9.11. The van der Waals surface area contributed by atoms with Crippen LogP contribution in [-0.4, -0.2) is 37.7 Å².